The zero-order chi connectivity index (χ0) is 43.3. The minimum Gasteiger partial charge on any atom is -0.493 e. The van der Waals surface area contributed by atoms with Gasteiger partial charge in [-0.1, -0.05) is 89.6 Å². The van der Waals surface area contributed by atoms with E-state index < -0.39 is 11.9 Å². The lowest BCUT2D eigenvalue weighted by Crippen LogP contribution is -2.14. The van der Waals surface area contributed by atoms with E-state index in [2.05, 4.69) is 45.7 Å². The SMILES string of the molecule is C=C(C)C(=O)OCCCC(=C/C(=C)c1ccc(-c2ccc(C3CCC(CCCCC)CC3)cc2F)cc1CC)/C(OCCC(CO)CO)=C(\C)CCCOC(=O)C(=C)C. The number of aryl methyl sites for hydroxylation is 1. The summed E-state index contributed by atoms with van der Waals surface area (Å²) in [6, 6.07) is 11.8. The van der Waals surface area contributed by atoms with Crippen LogP contribution in [0.3, 0.4) is 0 Å². The highest BCUT2D eigenvalue weighted by atomic mass is 19.1. The van der Waals surface area contributed by atoms with Crippen LogP contribution in [0.2, 0.25) is 0 Å². The van der Waals surface area contributed by atoms with E-state index in [1.165, 1.54) is 38.5 Å². The van der Waals surface area contributed by atoms with Crippen LogP contribution in [-0.4, -0.2) is 55.2 Å². The fourth-order valence-corrected chi connectivity index (χ4v) is 7.74. The second-order valence-electron chi connectivity index (χ2n) is 16.4. The average Bonchev–Trinajstić information content (AvgIpc) is 3.23. The molecule has 0 amide bonds. The first-order valence-corrected chi connectivity index (χ1v) is 21.9. The molecule has 59 heavy (non-hydrogen) atoms. The Morgan fingerprint density at radius 3 is 2.03 bits per heavy atom. The minimum atomic E-state index is -0.453. The summed E-state index contributed by atoms with van der Waals surface area (Å²) in [5.74, 6) is 0.442. The third-order valence-corrected chi connectivity index (χ3v) is 11.4. The van der Waals surface area contributed by atoms with E-state index in [4.69, 9.17) is 14.2 Å². The number of halogens is 1. The van der Waals surface area contributed by atoms with Crippen molar-refractivity contribution in [3.63, 3.8) is 0 Å². The second kappa shape index (κ2) is 26.0. The lowest BCUT2D eigenvalue weighted by atomic mass is 9.77. The fraction of sp³-hybridized carbons (Fsp3) is 0.529. The van der Waals surface area contributed by atoms with Crippen LogP contribution < -0.4 is 0 Å². The van der Waals surface area contributed by atoms with Crippen molar-refractivity contribution < 1.29 is 38.4 Å². The first-order valence-electron chi connectivity index (χ1n) is 21.9. The normalized spacial score (nSPS) is 16.1. The van der Waals surface area contributed by atoms with Crippen LogP contribution in [0.15, 0.2) is 90.3 Å². The molecule has 2 N–H and O–H groups in total. The van der Waals surface area contributed by atoms with Gasteiger partial charge in [-0.25, -0.2) is 14.0 Å². The van der Waals surface area contributed by atoms with Gasteiger partial charge >= 0.3 is 11.9 Å². The van der Waals surface area contributed by atoms with Crippen molar-refractivity contribution >= 4 is 17.5 Å². The van der Waals surface area contributed by atoms with Gasteiger partial charge in [0.1, 0.15) is 11.6 Å². The molecule has 0 heterocycles. The molecule has 1 aliphatic rings. The number of hydrogen-bond donors (Lipinski definition) is 2. The van der Waals surface area contributed by atoms with Gasteiger partial charge in [0, 0.05) is 35.8 Å². The summed E-state index contributed by atoms with van der Waals surface area (Å²) in [5, 5.41) is 19.4. The number of carbonyl (C=O) groups excluding carboxylic acids is 2. The lowest BCUT2D eigenvalue weighted by molar-refractivity contribution is -0.139. The summed E-state index contributed by atoms with van der Waals surface area (Å²) < 4.78 is 33.1. The molecule has 0 spiro atoms. The summed E-state index contributed by atoms with van der Waals surface area (Å²) >= 11 is 0. The number of esters is 2. The van der Waals surface area contributed by atoms with Gasteiger partial charge in [-0.15, -0.1) is 0 Å². The first-order chi connectivity index (χ1) is 28.3. The molecule has 2 aromatic carbocycles. The van der Waals surface area contributed by atoms with E-state index in [0.717, 1.165) is 57.7 Å². The Kier molecular flexibility index (Phi) is 21.7. The maximum atomic E-state index is 15.9. The Morgan fingerprint density at radius 2 is 1.46 bits per heavy atom. The van der Waals surface area contributed by atoms with Crippen molar-refractivity contribution in [1.82, 2.24) is 0 Å². The number of carbonyl (C=O) groups is 2. The molecule has 0 unspecified atom stereocenters. The molecule has 0 saturated heterocycles. The third-order valence-electron chi connectivity index (χ3n) is 11.4. The highest BCUT2D eigenvalue weighted by molar-refractivity contribution is 5.87. The summed E-state index contributed by atoms with van der Waals surface area (Å²) in [6.45, 7) is 21.6. The first kappa shape index (κ1) is 49.1. The molecular weight excluding hydrogens is 744 g/mol. The minimum absolute atomic E-state index is 0.163. The fourth-order valence-electron chi connectivity index (χ4n) is 7.74. The molecule has 3 rings (SSSR count). The average molecular weight is 815 g/mol. The Morgan fingerprint density at radius 1 is 0.814 bits per heavy atom. The Labute approximate surface area is 354 Å². The van der Waals surface area contributed by atoms with Gasteiger partial charge in [0.25, 0.3) is 0 Å². The molecule has 0 bridgehead atoms. The summed E-state index contributed by atoms with van der Waals surface area (Å²) in [5.41, 5.74) is 7.63. The molecule has 1 saturated carbocycles. The largest absolute Gasteiger partial charge is 0.493 e. The molecule has 0 aromatic heterocycles. The van der Waals surface area contributed by atoms with E-state index in [9.17, 15) is 19.8 Å². The quantitative estimate of drug-likeness (QED) is 0.0320. The number of rotatable bonds is 26. The number of allylic oxidation sites excluding steroid dienone is 4. The molecule has 0 radical (unpaired) electrons. The Balaban J connectivity index is 1.92. The highest BCUT2D eigenvalue weighted by Gasteiger charge is 2.23. The molecule has 8 heteroatoms. The molecule has 7 nitrogen and oxygen atoms in total. The van der Waals surface area contributed by atoms with E-state index in [-0.39, 0.29) is 44.8 Å². The summed E-state index contributed by atoms with van der Waals surface area (Å²) in [6.07, 6.45) is 15.1. The van der Waals surface area contributed by atoms with Gasteiger partial charge in [-0.2, -0.15) is 0 Å². The van der Waals surface area contributed by atoms with Crippen molar-refractivity contribution in [2.75, 3.05) is 33.0 Å². The van der Waals surface area contributed by atoms with Crippen molar-refractivity contribution in [1.29, 1.82) is 0 Å². The molecule has 0 atom stereocenters. The Bertz CT molecular complexity index is 1770. The van der Waals surface area contributed by atoms with Crippen LogP contribution in [0, 0.1) is 17.7 Å². The van der Waals surface area contributed by atoms with Gasteiger partial charge < -0.3 is 24.4 Å². The maximum absolute atomic E-state index is 15.9. The van der Waals surface area contributed by atoms with Gasteiger partial charge in [-0.05, 0) is 148 Å². The van der Waals surface area contributed by atoms with Crippen molar-refractivity contribution in [3.05, 3.63) is 113 Å². The van der Waals surface area contributed by atoms with E-state index >= 15 is 4.39 Å². The lowest BCUT2D eigenvalue weighted by Gasteiger charge is -2.29. The molecule has 0 aliphatic heterocycles. The van der Waals surface area contributed by atoms with Crippen molar-refractivity contribution in [2.24, 2.45) is 11.8 Å². The third kappa shape index (κ3) is 16.0. The van der Waals surface area contributed by atoms with Crippen LogP contribution in [-0.2, 0) is 30.2 Å². The number of unbranched alkanes of at least 4 members (excludes halogenated alkanes) is 2. The number of ether oxygens (including phenoxy) is 3. The van der Waals surface area contributed by atoms with E-state index in [1.807, 2.05) is 31.2 Å². The maximum Gasteiger partial charge on any atom is 0.333 e. The zero-order valence-corrected chi connectivity index (χ0v) is 36.6. The van der Waals surface area contributed by atoms with Crippen LogP contribution in [0.1, 0.15) is 141 Å². The second-order valence-corrected chi connectivity index (χ2v) is 16.4. The van der Waals surface area contributed by atoms with Gasteiger partial charge in [0.15, 0.2) is 0 Å². The number of benzene rings is 2. The smallest absolute Gasteiger partial charge is 0.333 e. The predicted octanol–water partition coefficient (Wildman–Crippen LogP) is 11.9. The summed E-state index contributed by atoms with van der Waals surface area (Å²) in [7, 11) is 0. The monoisotopic (exact) mass is 815 g/mol. The van der Waals surface area contributed by atoms with Crippen LogP contribution in [0.4, 0.5) is 4.39 Å². The molecular formula is C51H71FO7. The zero-order valence-electron chi connectivity index (χ0n) is 36.6. The standard InChI is InChI=1S/C51H71FO7/c1-9-11-12-16-39-18-20-42(21-19-39)43-22-25-47(48(52)32-43)44-23-24-46(41(10-2)31-44)38(8)30-45(17-14-28-59-51(56)36(5)6)49(57-29-26-40(33-53)34-54)37(7)15-13-27-58-50(55)35(3)4/h22-25,30-32,39-40,42,53-54H,3,5,8-21,26-29,33-34H2,1-2,4,6-7H3/b45-30-,49-37-. The van der Waals surface area contributed by atoms with E-state index in [0.29, 0.717) is 66.9 Å². The van der Waals surface area contributed by atoms with Crippen LogP contribution in [0.5, 0.6) is 0 Å². The van der Waals surface area contributed by atoms with Crippen molar-refractivity contribution in [2.45, 2.75) is 130 Å². The molecule has 1 fully saturated rings. The molecule has 1 aliphatic carbocycles. The van der Waals surface area contributed by atoms with Gasteiger partial charge in [-0.3, -0.25) is 0 Å². The topological polar surface area (TPSA) is 102 Å². The van der Waals surface area contributed by atoms with Crippen LogP contribution >= 0.6 is 0 Å². The van der Waals surface area contributed by atoms with Crippen molar-refractivity contribution in [3.8, 4) is 11.1 Å². The summed E-state index contributed by atoms with van der Waals surface area (Å²) in [4.78, 5) is 24.2. The Hall–Kier alpha value is -4.27. The van der Waals surface area contributed by atoms with Gasteiger partial charge in [0.2, 0.25) is 0 Å². The highest BCUT2D eigenvalue weighted by Crippen LogP contribution is 2.39. The number of aliphatic hydroxyl groups is 2. The molecule has 324 valence electrons. The van der Waals surface area contributed by atoms with E-state index in [1.54, 1.807) is 19.9 Å². The predicted molar refractivity (Wildman–Crippen MR) is 238 cm³/mol. The molecule has 2 aromatic rings. The number of aliphatic hydroxyl groups excluding tert-OH is 2. The van der Waals surface area contributed by atoms with Gasteiger partial charge in [0.05, 0.1) is 19.8 Å². The van der Waals surface area contributed by atoms with Crippen LogP contribution in [0.25, 0.3) is 16.7 Å². The number of hydrogen-bond acceptors (Lipinski definition) is 7.